The third-order valence-electron chi connectivity index (χ3n) is 3.89. The summed E-state index contributed by atoms with van der Waals surface area (Å²) < 4.78 is 0. The molecular formula is C18H20N2O10. The molecular weight excluding hydrogens is 404 g/mol. The molecule has 2 amide bonds. The topological polar surface area (TPSA) is 207 Å². The van der Waals surface area contributed by atoms with Gasteiger partial charge in [0, 0.05) is 24.0 Å². The number of hydrogen-bond acceptors (Lipinski definition) is 6. The highest BCUT2D eigenvalue weighted by atomic mass is 16.4. The molecule has 0 bridgehead atoms. The lowest BCUT2D eigenvalue weighted by molar-refractivity contribution is -0.142. The van der Waals surface area contributed by atoms with Crippen LogP contribution in [0.15, 0.2) is 24.3 Å². The lowest BCUT2D eigenvalue weighted by Gasteiger charge is -2.15. The number of amides is 2. The van der Waals surface area contributed by atoms with Crippen molar-refractivity contribution in [3.05, 3.63) is 35.4 Å². The Kier molecular flexibility index (Phi) is 8.94. The average Bonchev–Trinajstić information content (AvgIpc) is 2.67. The van der Waals surface area contributed by atoms with Crippen LogP contribution in [0.2, 0.25) is 0 Å². The molecule has 6 N–H and O–H groups in total. The number of benzene rings is 1. The van der Waals surface area contributed by atoms with Gasteiger partial charge in [0.15, 0.2) is 0 Å². The molecule has 30 heavy (non-hydrogen) atoms. The van der Waals surface area contributed by atoms with Gasteiger partial charge in [0.1, 0.15) is 12.1 Å². The molecule has 0 aliphatic rings. The number of carbonyl (C=O) groups is 6. The van der Waals surface area contributed by atoms with Gasteiger partial charge in [-0.25, -0.2) is 9.59 Å². The Morgan fingerprint density at radius 1 is 0.700 bits per heavy atom. The molecule has 1 aromatic rings. The fraction of sp³-hybridized carbons (Fsp3) is 0.333. The van der Waals surface area contributed by atoms with Crippen molar-refractivity contribution in [2.45, 2.75) is 37.8 Å². The summed E-state index contributed by atoms with van der Waals surface area (Å²) in [5, 5.41) is 39.8. The number of hydrogen-bond donors (Lipinski definition) is 6. The fourth-order valence-electron chi connectivity index (χ4n) is 2.34. The highest BCUT2D eigenvalue weighted by Crippen LogP contribution is 2.09. The molecule has 0 aromatic heterocycles. The number of carboxylic acid groups (broad SMARTS) is 4. The molecule has 1 rings (SSSR count). The summed E-state index contributed by atoms with van der Waals surface area (Å²) in [4.78, 5) is 68.1. The van der Waals surface area contributed by atoms with Gasteiger partial charge in [0.05, 0.1) is 0 Å². The Labute approximate surface area is 169 Å². The maximum absolute atomic E-state index is 12.3. The van der Waals surface area contributed by atoms with Crippen molar-refractivity contribution in [2.75, 3.05) is 0 Å². The number of carbonyl (C=O) groups excluding carboxylic acids is 2. The van der Waals surface area contributed by atoms with Gasteiger partial charge in [-0.3, -0.25) is 19.2 Å². The molecule has 1 aromatic carbocycles. The summed E-state index contributed by atoms with van der Waals surface area (Å²) >= 11 is 0. The van der Waals surface area contributed by atoms with E-state index in [1.807, 2.05) is 0 Å². The quantitative estimate of drug-likeness (QED) is 0.260. The Morgan fingerprint density at radius 2 is 1.07 bits per heavy atom. The van der Waals surface area contributed by atoms with E-state index in [1.54, 1.807) is 0 Å². The smallest absolute Gasteiger partial charge is 0.326 e. The normalized spacial score (nSPS) is 12.3. The Hall–Kier alpha value is -3.96. The fourth-order valence-corrected chi connectivity index (χ4v) is 2.34. The van der Waals surface area contributed by atoms with Crippen LogP contribution in [0.3, 0.4) is 0 Å². The van der Waals surface area contributed by atoms with Crippen LogP contribution in [0.4, 0.5) is 0 Å². The first kappa shape index (κ1) is 24.1. The second kappa shape index (κ2) is 11.1. The molecule has 0 unspecified atom stereocenters. The molecule has 0 radical (unpaired) electrons. The summed E-state index contributed by atoms with van der Waals surface area (Å²) in [5.41, 5.74) is -0.219. The van der Waals surface area contributed by atoms with E-state index in [0.717, 1.165) is 6.07 Å². The third-order valence-corrected chi connectivity index (χ3v) is 3.89. The van der Waals surface area contributed by atoms with Gasteiger partial charge >= 0.3 is 23.9 Å². The number of rotatable bonds is 12. The minimum atomic E-state index is -1.46. The predicted molar refractivity (Wildman–Crippen MR) is 98.0 cm³/mol. The van der Waals surface area contributed by atoms with Gasteiger partial charge in [-0.05, 0) is 31.0 Å². The van der Waals surface area contributed by atoms with E-state index in [0.29, 0.717) is 0 Å². The second-order valence-electron chi connectivity index (χ2n) is 6.17. The first-order valence-corrected chi connectivity index (χ1v) is 8.62. The van der Waals surface area contributed by atoms with Crippen molar-refractivity contribution in [3.63, 3.8) is 0 Å². The van der Waals surface area contributed by atoms with E-state index in [4.69, 9.17) is 20.4 Å². The Morgan fingerprint density at radius 3 is 1.37 bits per heavy atom. The largest absolute Gasteiger partial charge is 0.481 e. The number of carboxylic acids is 4. The van der Waals surface area contributed by atoms with E-state index in [1.165, 1.54) is 18.2 Å². The van der Waals surface area contributed by atoms with E-state index in [9.17, 15) is 28.8 Å². The average molecular weight is 424 g/mol. The molecule has 0 heterocycles. The molecule has 12 nitrogen and oxygen atoms in total. The minimum absolute atomic E-state index is 0.110. The molecule has 0 spiro atoms. The van der Waals surface area contributed by atoms with E-state index < -0.39 is 60.6 Å². The van der Waals surface area contributed by atoms with Crippen LogP contribution in [-0.2, 0) is 19.2 Å². The molecule has 2 atom stereocenters. The van der Waals surface area contributed by atoms with Crippen LogP contribution in [0.1, 0.15) is 46.4 Å². The maximum atomic E-state index is 12.3. The third kappa shape index (κ3) is 7.96. The zero-order valence-electron chi connectivity index (χ0n) is 15.5. The van der Waals surface area contributed by atoms with Gasteiger partial charge in [0.25, 0.3) is 11.8 Å². The summed E-state index contributed by atoms with van der Waals surface area (Å²) in [6.07, 6.45) is -1.65. The summed E-state index contributed by atoms with van der Waals surface area (Å²) in [6, 6.07) is 2.04. The standard InChI is InChI=1S/C18H20N2O10/c21-13(22)6-4-11(17(27)28)19-15(25)9-2-1-3-10(8-9)16(26)20-12(18(29)30)5-7-14(23)24/h1-3,8,11-12H,4-7H2,(H,19,25)(H,20,26)(H,21,22)(H,23,24)(H,27,28)(H,29,30)/t11-,12-/m0/s1. The lowest BCUT2D eigenvalue weighted by Crippen LogP contribution is -2.42. The van der Waals surface area contributed by atoms with Gasteiger partial charge in [-0.1, -0.05) is 6.07 Å². The van der Waals surface area contributed by atoms with Crippen LogP contribution in [0.25, 0.3) is 0 Å². The van der Waals surface area contributed by atoms with Gasteiger partial charge in [-0.15, -0.1) is 0 Å². The van der Waals surface area contributed by atoms with Crippen molar-refractivity contribution < 1.29 is 49.2 Å². The highest BCUT2D eigenvalue weighted by Gasteiger charge is 2.24. The first-order valence-electron chi connectivity index (χ1n) is 8.62. The Bertz CT molecular complexity index is 786. The zero-order chi connectivity index (χ0) is 22.8. The van der Waals surface area contributed by atoms with Crippen LogP contribution < -0.4 is 10.6 Å². The van der Waals surface area contributed by atoms with Crippen LogP contribution >= 0.6 is 0 Å². The summed E-state index contributed by atoms with van der Waals surface area (Å²) in [6.45, 7) is 0. The van der Waals surface area contributed by atoms with Gasteiger partial charge < -0.3 is 31.1 Å². The van der Waals surface area contributed by atoms with Crippen molar-refractivity contribution in [1.29, 1.82) is 0 Å². The zero-order valence-corrected chi connectivity index (χ0v) is 15.5. The number of nitrogens with one attached hydrogen (secondary N) is 2. The molecule has 162 valence electrons. The molecule has 0 saturated heterocycles. The van der Waals surface area contributed by atoms with E-state index in [2.05, 4.69) is 10.6 Å². The van der Waals surface area contributed by atoms with Crippen molar-refractivity contribution in [2.24, 2.45) is 0 Å². The van der Waals surface area contributed by atoms with Crippen molar-refractivity contribution in [3.8, 4) is 0 Å². The summed E-state index contributed by atoms with van der Waals surface area (Å²) in [5.74, 6) is -7.07. The van der Waals surface area contributed by atoms with E-state index in [-0.39, 0.29) is 24.0 Å². The monoisotopic (exact) mass is 424 g/mol. The minimum Gasteiger partial charge on any atom is -0.481 e. The SMILES string of the molecule is O=C(O)CC[C@H](NC(=O)c1cccc(C(=O)N[C@@H](CCC(=O)O)C(=O)O)c1)C(=O)O. The predicted octanol–water partition coefficient (Wildman–Crippen LogP) is -0.218. The molecule has 0 aliphatic heterocycles. The lowest BCUT2D eigenvalue weighted by atomic mass is 10.1. The Balaban J connectivity index is 2.89. The van der Waals surface area contributed by atoms with Crippen LogP contribution in [0, 0.1) is 0 Å². The van der Waals surface area contributed by atoms with Gasteiger partial charge in [-0.2, -0.15) is 0 Å². The van der Waals surface area contributed by atoms with E-state index >= 15 is 0 Å². The van der Waals surface area contributed by atoms with Crippen molar-refractivity contribution >= 4 is 35.7 Å². The molecule has 12 heteroatoms. The molecule has 0 saturated carbocycles. The summed E-state index contributed by atoms with van der Waals surface area (Å²) in [7, 11) is 0. The highest BCUT2D eigenvalue weighted by molar-refractivity contribution is 6.01. The van der Waals surface area contributed by atoms with Crippen LogP contribution in [-0.4, -0.2) is 68.2 Å². The van der Waals surface area contributed by atoms with Crippen LogP contribution in [0.5, 0.6) is 0 Å². The second-order valence-corrected chi connectivity index (χ2v) is 6.17. The van der Waals surface area contributed by atoms with Gasteiger partial charge in [0.2, 0.25) is 0 Å². The van der Waals surface area contributed by atoms with Crippen molar-refractivity contribution in [1.82, 2.24) is 10.6 Å². The maximum Gasteiger partial charge on any atom is 0.326 e. The molecule has 0 fully saturated rings. The molecule has 0 aliphatic carbocycles. The number of aliphatic carboxylic acids is 4. The first-order chi connectivity index (χ1) is 14.0.